The summed E-state index contributed by atoms with van der Waals surface area (Å²) in [5, 5.41) is 6.40. The lowest BCUT2D eigenvalue weighted by Gasteiger charge is -2.35. The fourth-order valence-electron chi connectivity index (χ4n) is 3.13. The number of likely N-dealkylation sites (N-methyl/N-ethyl adjacent to an activating group) is 1. The van der Waals surface area contributed by atoms with E-state index in [1.54, 1.807) is 36.4 Å². The Bertz CT molecular complexity index is 944. The third-order valence-corrected chi connectivity index (χ3v) is 5.30. The second-order valence-electron chi connectivity index (χ2n) is 6.93. The smallest absolute Gasteiger partial charge is 0.337 e. The van der Waals surface area contributed by atoms with Crippen LogP contribution in [0.3, 0.4) is 0 Å². The van der Waals surface area contributed by atoms with Gasteiger partial charge in [0.1, 0.15) is 0 Å². The highest BCUT2D eigenvalue weighted by Gasteiger charge is 2.20. The molecule has 1 aliphatic rings. The van der Waals surface area contributed by atoms with Crippen LogP contribution in [0.2, 0.25) is 5.02 Å². The van der Waals surface area contributed by atoms with Crippen LogP contribution < -0.4 is 15.5 Å². The number of hydrogen-bond acceptors (Lipinski definition) is 6. The molecule has 2 N–H and O–H groups in total. The van der Waals surface area contributed by atoms with Gasteiger partial charge in [0, 0.05) is 36.8 Å². The fourth-order valence-corrected chi connectivity index (χ4v) is 3.46. The van der Waals surface area contributed by atoms with E-state index in [-0.39, 0.29) is 11.0 Å². The molecule has 1 amide bonds. The Morgan fingerprint density at radius 2 is 1.67 bits per heavy atom. The van der Waals surface area contributed by atoms with Crippen LogP contribution in [0.1, 0.15) is 20.7 Å². The van der Waals surface area contributed by atoms with Gasteiger partial charge in [0.2, 0.25) is 0 Å². The number of thiocarbonyl (C=S) groups is 1. The van der Waals surface area contributed by atoms with Crippen LogP contribution in [0.25, 0.3) is 0 Å². The van der Waals surface area contributed by atoms with E-state index in [1.165, 1.54) is 7.11 Å². The van der Waals surface area contributed by atoms with E-state index in [2.05, 4.69) is 27.5 Å². The zero-order chi connectivity index (χ0) is 21.7. The Morgan fingerprint density at radius 1 is 1.03 bits per heavy atom. The quantitative estimate of drug-likeness (QED) is 0.552. The van der Waals surface area contributed by atoms with E-state index in [4.69, 9.17) is 28.6 Å². The highest BCUT2D eigenvalue weighted by molar-refractivity contribution is 7.80. The van der Waals surface area contributed by atoms with Gasteiger partial charge in [-0.25, -0.2) is 4.79 Å². The molecule has 1 aliphatic heterocycles. The third-order valence-electron chi connectivity index (χ3n) is 4.84. The van der Waals surface area contributed by atoms with Gasteiger partial charge in [0.15, 0.2) is 5.11 Å². The van der Waals surface area contributed by atoms with Gasteiger partial charge >= 0.3 is 5.97 Å². The largest absolute Gasteiger partial charge is 0.465 e. The summed E-state index contributed by atoms with van der Waals surface area (Å²) < 4.78 is 4.83. The van der Waals surface area contributed by atoms with Crippen molar-refractivity contribution in [1.82, 2.24) is 10.2 Å². The number of halogens is 1. The predicted octanol–water partition coefficient (Wildman–Crippen LogP) is 3.01. The minimum Gasteiger partial charge on any atom is -0.465 e. The summed E-state index contributed by atoms with van der Waals surface area (Å²) >= 11 is 11.2. The molecule has 2 aromatic carbocycles. The molecule has 0 unspecified atom stereocenters. The number of carbonyl (C=O) groups excluding carboxylic acids is 2. The molecule has 0 spiro atoms. The predicted molar refractivity (Wildman–Crippen MR) is 123 cm³/mol. The molecule has 0 aromatic heterocycles. The van der Waals surface area contributed by atoms with Crippen molar-refractivity contribution in [1.29, 1.82) is 0 Å². The van der Waals surface area contributed by atoms with Crippen LogP contribution in [-0.2, 0) is 4.74 Å². The highest BCUT2D eigenvalue weighted by Crippen LogP contribution is 2.28. The van der Waals surface area contributed by atoms with Gasteiger partial charge in [-0.1, -0.05) is 11.6 Å². The lowest BCUT2D eigenvalue weighted by Crippen LogP contribution is -2.45. The maximum Gasteiger partial charge on any atom is 0.337 e. The van der Waals surface area contributed by atoms with Crippen LogP contribution in [0.15, 0.2) is 42.5 Å². The maximum absolute atomic E-state index is 12.4. The number of carbonyl (C=O) groups is 2. The van der Waals surface area contributed by atoms with Crippen molar-refractivity contribution in [3.8, 4) is 0 Å². The molecule has 0 bridgehead atoms. The first-order valence-electron chi connectivity index (χ1n) is 9.41. The monoisotopic (exact) mass is 446 g/mol. The van der Waals surface area contributed by atoms with Crippen LogP contribution in [0.4, 0.5) is 11.4 Å². The number of piperazine rings is 1. The van der Waals surface area contributed by atoms with Crippen molar-refractivity contribution in [2.45, 2.75) is 0 Å². The average Bonchev–Trinajstić information content (AvgIpc) is 2.74. The number of benzene rings is 2. The Morgan fingerprint density at radius 3 is 2.30 bits per heavy atom. The molecule has 2 aromatic rings. The molecular weight excluding hydrogens is 424 g/mol. The second kappa shape index (κ2) is 9.88. The van der Waals surface area contributed by atoms with Gasteiger partial charge in [0.05, 0.1) is 24.0 Å². The van der Waals surface area contributed by atoms with Crippen molar-refractivity contribution in [3.05, 3.63) is 58.6 Å². The summed E-state index contributed by atoms with van der Waals surface area (Å²) in [5.41, 5.74) is 2.36. The summed E-state index contributed by atoms with van der Waals surface area (Å²) in [6.45, 7) is 3.53. The van der Waals surface area contributed by atoms with E-state index < -0.39 is 5.97 Å². The summed E-state index contributed by atoms with van der Waals surface area (Å²) in [4.78, 5) is 28.9. The normalized spacial score (nSPS) is 14.2. The van der Waals surface area contributed by atoms with Crippen LogP contribution in [0.5, 0.6) is 0 Å². The summed E-state index contributed by atoms with van der Waals surface area (Å²) in [7, 11) is 3.42. The van der Waals surface area contributed by atoms with Crippen LogP contribution >= 0.6 is 23.8 Å². The van der Waals surface area contributed by atoms with Gasteiger partial charge < -0.3 is 19.9 Å². The lowest BCUT2D eigenvalue weighted by molar-refractivity contribution is 0.0600. The average molecular weight is 447 g/mol. The SMILES string of the molecule is COC(=O)c1ccc(N2CCN(C)CC2)c(NC(=S)NC(=O)c2ccc(Cl)cc2)c1. The molecule has 3 rings (SSSR count). The third kappa shape index (κ3) is 5.47. The number of rotatable bonds is 4. The number of methoxy groups -OCH3 is 1. The topological polar surface area (TPSA) is 73.9 Å². The molecule has 1 saturated heterocycles. The van der Waals surface area contributed by atoms with Gasteiger partial charge in [-0.3, -0.25) is 10.1 Å². The number of nitrogens with one attached hydrogen (secondary N) is 2. The molecule has 7 nitrogen and oxygen atoms in total. The minimum atomic E-state index is -0.445. The van der Waals surface area contributed by atoms with Gasteiger partial charge in [-0.05, 0) is 61.7 Å². The first-order chi connectivity index (χ1) is 14.4. The van der Waals surface area contributed by atoms with Crippen LogP contribution in [0, 0.1) is 0 Å². The molecule has 0 radical (unpaired) electrons. The van der Waals surface area contributed by atoms with E-state index in [0.717, 1.165) is 31.9 Å². The van der Waals surface area contributed by atoms with E-state index in [1.807, 2.05) is 6.07 Å². The number of anilines is 2. The second-order valence-corrected chi connectivity index (χ2v) is 7.77. The number of esters is 1. The molecule has 9 heteroatoms. The molecule has 0 aliphatic carbocycles. The summed E-state index contributed by atoms with van der Waals surface area (Å²) in [6, 6.07) is 11.8. The molecule has 0 atom stereocenters. The first-order valence-corrected chi connectivity index (χ1v) is 10.2. The summed E-state index contributed by atoms with van der Waals surface area (Å²) in [6.07, 6.45) is 0. The number of nitrogens with zero attached hydrogens (tertiary/aromatic N) is 2. The van der Waals surface area contributed by atoms with Gasteiger partial charge in [0.25, 0.3) is 5.91 Å². The molecular formula is C21H23ClN4O3S. The first kappa shape index (κ1) is 22.0. The molecule has 1 fully saturated rings. The van der Waals surface area contributed by atoms with Gasteiger partial charge in [-0.2, -0.15) is 0 Å². The molecule has 0 saturated carbocycles. The molecule has 1 heterocycles. The Kier molecular flexibility index (Phi) is 7.25. The Labute approximate surface area is 185 Å². The van der Waals surface area contributed by atoms with Crippen molar-refractivity contribution in [2.75, 3.05) is 50.6 Å². The van der Waals surface area contributed by atoms with Crippen molar-refractivity contribution in [2.24, 2.45) is 0 Å². The molecule has 158 valence electrons. The standard InChI is InChI=1S/C21H23ClN4O3S/c1-25-9-11-26(12-10-25)18-8-5-15(20(28)29-2)13-17(18)23-21(30)24-19(27)14-3-6-16(22)7-4-14/h3-8,13H,9-12H2,1-2H3,(H2,23,24,27,30). The molecule has 30 heavy (non-hydrogen) atoms. The summed E-state index contributed by atoms with van der Waals surface area (Å²) in [5.74, 6) is -0.798. The van der Waals surface area contributed by atoms with Crippen molar-refractivity contribution in [3.63, 3.8) is 0 Å². The van der Waals surface area contributed by atoms with Crippen molar-refractivity contribution < 1.29 is 14.3 Å². The van der Waals surface area contributed by atoms with Crippen LogP contribution in [-0.4, -0.2) is 62.2 Å². The zero-order valence-corrected chi connectivity index (χ0v) is 18.3. The number of hydrogen-bond donors (Lipinski definition) is 2. The van der Waals surface area contributed by atoms with Gasteiger partial charge in [-0.15, -0.1) is 0 Å². The highest BCUT2D eigenvalue weighted by atomic mass is 35.5. The van der Waals surface area contributed by atoms with E-state index in [9.17, 15) is 9.59 Å². The minimum absolute atomic E-state index is 0.132. The van der Waals surface area contributed by atoms with E-state index >= 15 is 0 Å². The Balaban J connectivity index is 1.79. The number of ether oxygens (including phenoxy) is 1. The van der Waals surface area contributed by atoms with E-state index in [0.29, 0.717) is 21.8 Å². The lowest BCUT2D eigenvalue weighted by atomic mass is 10.1. The zero-order valence-electron chi connectivity index (χ0n) is 16.8. The maximum atomic E-state index is 12.4. The fraction of sp³-hybridized carbons (Fsp3) is 0.286. The number of amides is 1. The Hall–Kier alpha value is -2.68. The van der Waals surface area contributed by atoms with Crippen molar-refractivity contribution >= 4 is 52.2 Å².